The van der Waals surface area contributed by atoms with Crippen LogP contribution in [0.5, 0.6) is 5.75 Å². The minimum absolute atomic E-state index is 0.249. The predicted octanol–water partition coefficient (Wildman–Crippen LogP) is 4.13. The van der Waals surface area contributed by atoms with Crippen molar-refractivity contribution in [3.05, 3.63) is 36.3 Å². The Morgan fingerprint density at radius 3 is 2.71 bits per heavy atom. The van der Waals surface area contributed by atoms with Gasteiger partial charge < -0.3 is 19.5 Å². The molecule has 7 nitrogen and oxygen atoms in total. The van der Waals surface area contributed by atoms with Crippen molar-refractivity contribution < 1.29 is 17.9 Å². The van der Waals surface area contributed by atoms with Crippen molar-refractivity contribution in [3.8, 4) is 5.75 Å². The number of nitrogens with one attached hydrogen (secondary N) is 1. The maximum Gasteiger partial charge on any atom is 0.433 e. The highest BCUT2D eigenvalue weighted by atomic mass is 19.4. The minimum atomic E-state index is -4.44. The first kappa shape index (κ1) is 19.9. The Morgan fingerprint density at radius 1 is 1.19 bits per heavy atom. The largest absolute Gasteiger partial charge is 0.492 e. The summed E-state index contributed by atoms with van der Waals surface area (Å²) in [6.45, 7) is 3.52. The van der Waals surface area contributed by atoms with Crippen molar-refractivity contribution in [2.45, 2.75) is 38.0 Å². The fraction of sp³-hybridized carbons (Fsp3) is 0.476. The van der Waals surface area contributed by atoms with Gasteiger partial charge in [0.15, 0.2) is 5.82 Å². The van der Waals surface area contributed by atoms with Crippen molar-refractivity contribution in [3.63, 3.8) is 0 Å². The average Bonchev–Trinajstić information content (AvgIpc) is 3.12. The molecule has 1 aliphatic heterocycles. The summed E-state index contributed by atoms with van der Waals surface area (Å²) in [5.41, 5.74) is 1.08. The second kappa shape index (κ2) is 7.28. The predicted molar refractivity (Wildman–Crippen MR) is 110 cm³/mol. The van der Waals surface area contributed by atoms with Crippen LogP contribution < -0.4 is 15.0 Å². The zero-order valence-corrected chi connectivity index (χ0v) is 17.2. The molecule has 5 rings (SSSR count). The fourth-order valence-electron chi connectivity index (χ4n) is 4.34. The number of halogens is 3. The zero-order valence-electron chi connectivity index (χ0n) is 17.2. The molecule has 1 fully saturated rings. The normalized spacial score (nSPS) is 23.0. The number of anilines is 2. The first-order valence-electron chi connectivity index (χ1n) is 10.3. The number of likely N-dealkylation sites (N-methyl/N-ethyl adjacent to an activating group) is 1. The molecule has 3 aromatic heterocycles. The second-order valence-electron chi connectivity index (χ2n) is 8.42. The molecule has 2 aliphatic rings. The topological polar surface area (TPSA) is 68.1 Å². The maximum absolute atomic E-state index is 12.6. The third-order valence-electron chi connectivity index (χ3n) is 6.00. The van der Waals surface area contributed by atoms with Crippen molar-refractivity contribution in [2.24, 2.45) is 5.92 Å². The first-order chi connectivity index (χ1) is 14.8. The average molecular weight is 432 g/mol. The Morgan fingerprint density at radius 2 is 2.00 bits per heavy atom. The molecular weight excluding hydrogens is 409 g/mol. The van der Waals surface area contributed by atoms with E-state index in [1.165, 1.54) is 6.07 Å². The van der Waals surface area contributed by atoms with Crippen LogP contribution in [0.4, 0.5) is 24.9 Å². The SMILES string of the molecule is C[C@@H]1CN(C)c2nc(N[C@H]3C[C@@H](COc4ccc(C(F)(F)F)nc4)C3)nc3ccn1c23. The number of hydrogen-bond acceptors (Lipinski definition) is 6. The quantitative estimate of drug-likeness (QED) is 0.654. The highest BCUT2D eigenvalue weighted by Crippen LogP contribution is 2.35. The van der Waals surface area contributed by atoms with E-state index in [0.717, 1.165) is 48.5 Å². The van der Waals surface area contributed by atoms with Gasteiger partial charge >= 0.3 is 6.18 Å². The lowest BCUT2D eigenvalue weighted by molar-refractivity contribution is -0.141. The van der Waals surface area contributed by atoms with E-state index >= 15 is 0 Å². The Bertz CT molecular complexity index is 1090. The standard InChI is InChI=1S/C21H23F3N6O/c1-12-10-29(2)19-18-16(5-6-30(12)18)27-20(28-19)26-14-7-13(8-14)11-31-15-3-4-17(25-9-15)21(22,23)24/h3-6,9,12-14H,7-8,10-11H2,1-2H3,(H,26,27,28)/t12-,13-,14+/m1/s1. The molecule has 1 N–H and O–H groups in total. The van der Waals surface area contributed by atoms with Crippen LogP contribution in [0.1, 0.15) is 31.5 Å². The third-order valence-corrected chi connectivity index (χ3v) is 6.00. The molecule has 10 heteroatoms. The van der Waals surface area contributed by atoms with Crippen LogP contribution in [0, 0.1) is 5.92 Å². The van der Waals surface area contributed by atoms with Gasteiger partial charge in [-0.2, -0.15) is 18.2 Å². The Balaban J connectivity index is 1.17. The molecule has 0 bridgehead atoms. The number of pyridine rings is 1. The lowest BCUT2D eigenvalue weighted by Crippen LogP contribution is -2.39. The van der Waals surface area contributed by atoms with Gasteiger partial charge in [-0.1, -0.05) is 0 Å². The summed E-state index contributed by atoms with van der Waals surface area (Å²) < 4.78 is 45.5. The van der Waals surface area contributed by atoms with Gasteiger partial charge in [0, 0.05) is 31.9 Å². The third kappa shape index (κ3) is 3.75. The molecule has 0 spiro atoms. The van der Waals surface area contributed by atoms with E-state index in [9.17, 15) is 13.2 Å². The number of rotatable bonds is 5. The van der Waals surface area contributed by atoms with Crippen LogP contribution in [0.15, 0.2) is 30.6 Å². The number of hydrogen-bond donors (Lipinski definition) is 1. The van der Waals surface area contributed by atoms with Gasteiger partial charge in [-0.25, -0.2) is 9.97 Å². The van der Waals surface area contributed by atoms with Crippen molar-refractivity contribution in [1.82, 2.24) is 19.5 Å². The van der Waals surface area contributed by atoms with E-state index in [0.29, 0.717) is 30.3 Å². The van der Waals surface area contributed by atoms with E-state index in [2.05, 4.69) is 37.9 Å². The molecular formula is C21H23F3N6O. The highest BCUT2D eigenvalue weighted by Gasteiger charge is 2.33. The lowest BCUT2D eigenvalue weighted by atomic mass is 9.81. The molecule has 31 heavy (non-hydrogen) atoms. The van der Waals surface area contributed by atoms with E-state index in [1.54, 1.807) is 0 Å². The first-order valence-corrected chi connectivity index (χ1v) is 10.3. The molecule has 0 aromatic carbocycles. The smallest absolute Gasteiger partial charge is 0.433 e. The van der Waals surface area contributed by atoms with Gasteiger partial charge in [0.2, 0.25) is 5.95 Å². The summed E-state index contributed by atoms with van der Waals surface area (Å²) in [4.78, 5) is 15.0. The summed E-state index contributed by atoms with van der Waals surface area (Å²) in [6.07, 6.45) is 0.522. The van der Waals surface area contributed by atoms with Crippen LogP contribution in [0.2, 0.25) is 0 Å². The van der Waals surface area contributed by atoms with E-state index in [4.69, 9.17) is 9.72 Å². The highest BCUT2D eigenvalue weighted by molar-refractivity contribution is 5.89. The molecule has 1 saturated carbocycles. The van der Waals surface area contributed by atoms with Gasteiger partial charge in [-0.3, -0.25) is 0 Å². The van der Waals surface area contributed by atoms with Gasteiger partial charge in [0.05, 0.1) is 18.3 Å². The van der Waals surface area contributed by atoms with Crippen LogP contribution >= 0.6 is 0 Å². The van der Waals surface area contributed by atoms with E-state index < -0.39 is 11.9 Å². The molecule has 0 amide bonds. The molecule has 164 valence electrons. The summed E-state index contributed by atoms with van der Waals surface area (Å²) in [5, 5.41) is 3.41. The number of ether oxygens (including phenoxy) is 1. The van der Waals surface area contributed by atoms with Gasteiger partial charge in [-0.05, 0) is 43.9 Å². The van der Waals surface area contributed by atoms with Gasteiger partial charge in [0.25, 0.3) is 0 Å². The lowest BCUT2D eigenvalue weighted by Gasteiger charge is -2.36. The van der Waals surface area contributed by atoms with Crippen LogP contribution in [-0.4, -0.2) is 45.8 Å². The Kier molecular flexibility index (Phi) is 4.67. The molecule has 0 radical (unpaired) electrons. The monoisotopic (exact) mass is 432 g/mol. The molecule has 1 atom stereocenters. The number of aromatic nitrogens is 4. The fourth-order valence-corrected chi connectivity index (χ4v) is 4.34. The van der Waals surface area contributed by atoms with Crippen molar-refractivity contribution in [1.29, 1.82) is 0 Å². The number of alkyl halides is 3. The molecule has 3 aromatic rings. The summed E-state index contributed by atoms with van der Waals surface area (Å²) in [6, 6.07) is 4.90. The summed E-state index contributed by atoms with van der Waals surface area (Å²) in [7, 11) is 2.05. The second-order valence-corrected chi connectivity index (χ2v) is 8.42. The van der Waals surface area contributed by atoms with Gasteiger partial charge in [0.1, 0.15) is 17.0 Å². The van der Waals surface area contributed by atoms with Gasteiger partial charge in [-0.15, -0.1) is 0 Å². The Labute approximate surface area is 177 Å². The molecule has 1 aliphatic carbocycles. The maximum atomic E-state index is 12.6. The summed E-state index contributed by atoms with van der Waals surface area (Å²) >= 11 is 0. The summed E-state index contributed by atoms with van der Waals surface area (Å²) in [5.74, 6) is 2.23. The zero-order chi connectivity index (χ0) is 21.8. The molecule has 4 heterocycles. The number of nitrogens with zero attached hydrogens (tertiary/aromatic N) is 5. The Hall–Kier alpha value is -3.04. The van der Waals surface area contributed by atoms with Crippen LogP contribution in [0.3, 0.4) is 0 Å². The van der Waals surface area contributed by atoms with Crippen molar-refractivity contribution >= 4 is 22.8 Å². The van der Waals surface area contributed by atoms with Crippen LogP contribution in [0.25, 0.3) is 11.0 Å². The van der Waals surface area contributed by atoms with Crippen LogP contribution in [-0.2, 0) is 6.18 Å². The van der Waals surface area contributed by atoms with E-state index in [1.807, 2.05) is 13.1 Å². The minimum Gasteiger partial charge on any atom is -0.492 e. The van der Waals surface area contributed by atoms with E-state index in [-0.39, 0.29) is 6.04 Å². The molecule has 0 saturated heterocycles. The van der Waals surface area contributed by atoms with Crippen molar-refractivity contribution in [2.75, 3.05) is 30.4 Å². The molecule has 0 unspecified atom stereocenters.